The molecule has 3 heterocycles. The van der Waals surface area contributed by atoms with Gasteiger partial charge in [0.05, 0.1) is 26.0 Å². The Labute approximate surface area is 179 Å². The number of aromatic amines is 2. The largest absolute Gasteiger partial charge is 0.497 e. The van der Waals surface area contributed by atoms with Crippen molar-refractivity contribution in [2.75, 3.05) is 14.2 Å². The third-order valence-corrected chi connectivity index (χ3v) is 6.42. The summed E-state index contributed by atoms with van der Waals surface area (Å²) in [5.74, 6) is 3.55. The van der Waals surface area contributed by atoms with Crippen LogP contribution in [-0.2, 0) is 0 Å². The maximum Gasteiger partial charge on any atom is 0.228 e. The van der Waals surface area contributed by atoms with Crippen LogP contribution in [0.4, 0.5) is 0 Å². The molecule has 31 heavy (non-hydrogen) atoms. The zero-order valence-electron chi connectivity index (χ0n) is 17.5. The van der Waals surface area contributed by atoms with Crippen LogP contribution in [0.1, 0.15) is 30.9 Å². The molecule has 2 N–H and O–H groups in total. The van der Waals surface area contributed by atoms with E-state index in [0.29, 0.717) is 11.8 Å². The first kappa shape index (κ1) is 18.1. The van der Waals surface area contributed by atoms with Crippen LogP contribution < -0.4 is 9.47 Å². The smallest absolute Gasteiger partial charge is 0.228 e. The zero-order chi connectivity index (χ0) is 20.9. The lowest BCUT2D eigenvalue weighted by molar-refractivity contribution is 0.413. The molecule has 6 heteroatoms. The summed E-state index contributed by atoms with van der Waals surface area (Å²) in [5, 5.41) is 2.15. The van der Waals surface area contributed by atoms with Gasteiger partial charge in [-0.05, 0) is 49.1 Å². The number of oxazole rings is 1. The topological polar surface area (TPSA) is 76.1 Å². The van der Waals surface area contributed by atoms with Crippen molar-refractivity contribution in [1.82, 2.24) is 15.0 Å². The van der Waals surface area contributed by atoms with Crippen molar-refractivity contribution in [3.8, 4) is 34.3 Å². The molecule has 156 valence electrons. The molecule has 1 aliphatic carbocycles. The van der Waals surface area contributed by atoms with E-state index in [1.807, 2.05) is 36.7 Å². The van der Waals surface area contributed by atoms with Crippen molar-refractivity contribution in [1.29, 1.82) is 0 Å². The molecule has 6 nitrogen and oxygen atoms in total. The lowest BCUT2D eigenvalue weighted by Crippen LogP contribution is -2.09. The number of rotatable bonds is 5. The van der Waals surface area contributed by atoms with Gasteiger partial charge in [0.25, 0.3) is 0 Å². The summed E-state index contributed by atoms with van der Waals surface area (Å²) in [7, 11) is 3.36. The standard InChI is InChI=1S/C25H23N3O3/c1-29-15-7-9-20-18(10-15)23(24(28-20)14-4-3-5-14)22-13-27-25(31-22)19-12-26-21-11-16(30-2)6-8-17(19)21/h6-14,26,28H,3-5H2,1-2H3. The molecule has 0 amide bonds. The molecule has 0 unspecified atom stereocenters. The van der Waals surface area contributed by atoms with E-state index in [1.54, 1.807) is 14.2 Å². The third-order valence-electron chi connectivity index (χ3n) is 6.42. The molecule has 0 spiro atoms. The van der Waals surface area contributed by atoms with Crippen LogP contribution in [0.15, 0.2) is 53.2 Å². The highest BCUT2D eigenvalue weighted by Crippen LogP contribution is 2.45. The van der Waals surface area contributed by atoms with Crippen molar-refractivity contribution >= 4 is 21.8 Å². The van der Waals surface area contributed by atoms with E-state index in [1.165, 1.54) is 25.0 Å². The average Bonchev–Trinajstić information content (AvgIpc) is 3.47. The first-order valence-corrected chi connectivity index (χ1v) is 10.6. The number of nitrogens with one attached hydrogen (secondary N) is 2. The molecule has 1 fully saturated rings. The molecule has 0 aliphatic heterocycles. The van der Waals surface area contributed by atoms with Gasteiger partial charge in [0.1, 0.15) is 11.5 Å². The molecule has 2 aromatic carbocycles. The first-order valence-electron chi connectivity index (χ1n) is 10.6. The second-order valence-electron chi connectivity index (χ2n) is 8.10. The van der Waals surface area contributed by atoms with Crippen molar-refractivity contribution < 1.29 is 13.9 Å². The van der Waals surface area contributed by atoms with Crippen LogP contribution in [0.25, 0.3) is 44.6 Å². The van der Waals surface area contributed by atoms with E-state index in [9.17, 15) is 0 Å². The molecular weight excluding hydrogens is 390 g/mol. The van der Waals surface area contributed by atoms with Gasteiger partial charge in [0, 0.05) is 45.3 Å². The van der Waals surface area contributed by atoms with Gasteiger partial charge in [-0.25, -0.2) is 4.98 Å². The summed E-state index contributed by atoms with van der Waals surface area (Å²) in [6, 6.07) is 12.1. The minimum absolute atomic E-state index is 0.530. The summed E-state index contributed by atoms with van der Waals surface area (Å²) in [6.07, 6.45) is 7.43. The third kappa shape index (κ3) is 2.82. The molecule has 5 aromatic rings. The highest BCUT2D eigenvalue weighted by atomic mass is 16.5. The van der Waals surface area contributed by atoms with Crippen LogP contribution in [0.5, 0.6) is 11.5 Å². The van der Waals surface area contributed by atoms with Gasteiger partial charge in [-0.2, -0.15) is 0 Å². The first-order chi connectivity index (χ1) is 15.2. The van der Waals surface area contributed by atoms with Crippen LogP contribution in [-0.4, -0.2) is 29.2 Å². The molecule has 1 aliphatic rings. The van der Waals surface area contributed by atoms with E-state index in [4.69, 9.17) is 13.9 Å². The summed E-state index contributed by atoms with van der Waals surface area (Å²) < 4.78 is 17.2. The fraction of sp³-hybridized carbons (Fsp3) is 0.240. The predicted molar refractivity (Wildman–Crippen MR) is 121 cm³/mol. The van der Waals surface area contributed by atoms with Crippen molar-refractivity contribution in [2.45, 2.75) is 25.2 Å². The number of H-pyrrole nitrogens is 2. The number of nitrogens with zero attached hydrogens (tertiary/aromatic N) is 1. The van der Waals surface area contributed by atoms with Gasteiger partial charge in [-0.1, -0.05) is 6.42 Å². The summed E-state index contributed by atoms with van der Waals surface area (Å²) >= 11 is 0. The van der Waals surface area contributed by atoms with Crippen LogP contribution in [0.2, 0.25) is 0 Å². The molecule has 1 saturated carbocycles. The van der Waals surface area contributed by atoms with E-state index < -0.39 is 0 Å². The quantitative estimate of drug-likeness (QED) is 0.357. The van der Waals surface area contributed by atoms with E-state index in [0.717, 1.165) is 50.2 Å². The normalized spacial score (nSPS) is 14.3. The SMILES string of the molecule is COc1ccc2c(-c3ncc(-c4c(C5CCC5)[nH]c5ccc(OC)cc45)o3)c[nH]c2c1. The molecule has 0 atom stereocenters. The molecule has 3 aromatic heterocycles. The average molecular weight is 413 g/mol. The number of hydrogen-bond donors (Lipinski definition) is 2. The number of aromatic nitrogens is 3. The summed E-state index contributed by atoms with van der Waals surface area (Å²) in [5.41, 5.74) is 5.35. The second-order valence-corrected chi connectivity index (χ2v) is 8.10. The second kappa shape index (κ2) is 6.94. The van der Waals surface area contributed by atoms with Gasteiger partial charge in [-0.3, -0.25) is 0 Å². The lowest BCUT2D eigenvalue weighted by Gasteiger charge is -2.25. The number of benzene rings is 2. The van der Waals surface area contributed by atoms with Crippen molar-refractivity contribution in [3.63, 3.8) is 0 Å². The van der Waals surface area contributed by atoms with Crippen LogP contribution >= 0.6 is 0 Å². The molecule has 0 bridgehead atoms. The molecule has 0 radical (unpaired) electrons. The Bertz CT molecular complexity index is 1400. The van der Waals surface area contributed by atoms with Gasteiger partial charge in [-0.15, -0.1) is 0 Å². The number of fused-ring (bicyclic) bond motifs is 2. The van der Waals surface area contributed by atoms with Crippen LogP contribution in [0.3, 0.4) is 0 Å². The van der Waals surface area contributed by atoms with Gasteiger partial charge in [0.15, 0.2) is 5.76 Å². The lowest BCUT2D eigenvalue weighted by atomic mass is 9.81. The fourth-order valence-corrected chi connectivity index (χ4v) is 4.51. The maximum atomic E-state index is 6.35. The highest BCUT2D eigenvalue weighted by molar-refractivity contribution is 5.98. The minimum Gasteiger partial charge on any atom is -0.497 e. The van der Waals surface area contributed by atoms with Gasteiger partial charge >= 0.3 is 0 Å². The van der Waals surface area contributed by atoms with Crippen molar-refractivity contribution in [2.24, 2.45) is 0 Å². The number of methoxy groups -OCH3 is 2. The summed E-state index contributed by atoms with van der Waals surface area (Å²) in [4.78, 5) is 11.6. The van der Waals surface area contributed by atoms with E-state index >= 15 is 0 Å². The summed E-state index contributed by atoms with van der Waals surface area (Å²) in [6.45, 7) is 0. The Morgan fingerprint density at radius 3 is 2.55 bits per heavy atom. The Morgan fingerprint density at radius 2 is 1.77 bits per heavy atom. The Hall–Kier alpha value is -3.67. The fourth-order valence-electron chi connectivity index (χ4n) is 4.51. The van der Waals surface area contributed by atoms with Crippen molar-refractivity contribution in [3.05, 3.63) is 54.5 Å². The van der Waals surface area contributed by atoms with Gasteiger partial charge in [0.2, 0.25) is 5.89 Å². The monoisotopic (exact) mass is 413 g/mol. The van der Waals surface area contributed by atoms with E-state index in [-0.39, 0.29) is 0 Å². The molecule has 6 rings (SSSR count). The Kier molecular flexibility index (Phi) is 4.06. The molecular formula is C25H23N3O3. The Balaban J connectivity index is 1.49. The maximum absolute atomic E-state index is 6.35. The highest BCUT2D eigenvalue weighted by Gasteiger charge is 2.28. The minimum atomic E-state index is 0.530. The Morgan fingerprint density at radius 1 is 0.968 bits per heavy atom. The van der Waals surface area contributed by atoms with Gasteiger partial charge < -0.3 is 23.9 Å². The van der Waals surface area contributed by atoms with Crippen LogP contribution in [0, 0.1) is 0 Å². The van der Waals surface area contributed by atoms with E-state index in [2.05, 4.69) is 27.1 Å². The predicted octanol–water partition coefficient (Wildman–Crippen LogP) is 6.26. The zero-order valence-corrected chi connectivity index (χ0v) is 17.5. The molecule has 0 saturated heterocycles. The number of hydrogen-bond acceptors (Lipinski definition) is 4. The number of ether oxygens (including phenoxy) is 2.